The Balaban J connectivity index is 2.14. The van der Waals surface area contributed by atoms with Gasteiger partial charge in [0.25, 0.3) is 0 Å². The van der Waals surface area contributed by atoms with E-state index in [1.807, 2.05) is 13.8 Å². The summed E-state index contributed by atoms with van der Waals surface area (Å²) < 4.78 is 0. The fourth-order valence-electron chi connectivity index (χ4n) is 2.15. The van der Waals surface area contributed by atoms with E-state index in [1.165, 1.54) is 32.1 Å². The van der Waals surface area contributed by atoms with Gasteiger partial charge in [-0.1, -0.05) is 19.3 Å². The standard InChI is InChI=1S/C12H24N2O/c1-3-13-12(15)10(2)14-9-11-7-5-4-6-8-11/h10-11,14H,3-9H2,1-2H3,(H,13,15). The number of amides is 1. The van der Waals surface area contributed by atoms with Crippen molar-refractivity contribution in [1.82, 2.24) is 10.6 Å². The first-order valence-electron chi connectivity index (χ1n) is 6.25. The van der Waals surface area contributed by atoms with Gasteiger partial charge in [0.15, 0.2) is 0 Å². The van der Waals surface area contributed by atoms with E-state index in [2.05, 4.69) is 10.6 Å². The molecule has 0 spiro atoms. The molecule has 0 bridgehead atoms. The van der Waals surface area contributed by atoms with Gasteiger partial charge in [-0.25, -0.2) is 0 Å². The molecule has 1 aliphatic carbocycles. The smallest absolute Gasteiger partial charge is 0.236 e. The van der Waals surface area contributed by atoms with Gasteiger partial charge in [-0.3, -0.25) is 4.79 Å². The van der Waals surface area contributed by atoms with Crippen LogP contribution >= 0.6 is 0 Å². The number of carbonyl (C=O) groups excluding carboxylic acids is 1. The minimum Gasteiger partial charge on any atom is -0.355 e. The Morgan fingerprint density at radius 3 is 2.60 bits per heavy atom. The molecule has 2 N–H and O–H groups in total. The maximum atomic E-state index is 11.4. The SMILES string of the molecule is CCNC(=O)C(C)NCC1CCCCC1. The summed E-state index contributed by atoms with van der Waals surface area (Å²) in [4.78, 5) is 11.4. The third-order valence-electron chi connectivity index (χ3n) is 3.18. The highest BCUT2D eigenvalue weighted by Crippen LogP contribution is 2.22. The highest BCUT2D eigenvalue weighted by atomic mass is 16.2. The van der Waals surface area contributed by atoms with E-state index < -0.39 is 0 Å². The molecule has 88 valence electrons. The number of nitrogens with one attached hydrogen (secondary N) is 2. The highest BCUT2D eigenvalue weighted by molar-refractivity contribution is 5.81. The molecule has 1 unspecified atom stereocenters. The number of carbonyl (C=O) groups is 1. The molecule has 15 heavy (non-hydrogen) atoms. The van der Waals surface area contributed by atoms with E-state index in [0.29, 0.717) is 6.54 Å². The second kappa shape index (κ2) is 6.83. The molecular formula is C12H24N2O. The molecule has 0 aromatic rings. The van der Waals surface area contributed by atoms with Crippen molar-refractivity contribution in [3.05, 3.63) is 0 Å². The molecule has 0 heterocycles. The van der Waals surface area contributed by atoms with Gasteiger partial charge in [0.1, 0.15) is 0 Å². The molecule has 1 aliphatic rings. The largest absolute Gasteiger partial charge is 0.355 e. The summed E-state index contributed by atoms with van der Waals surface area (Å²) in [5, 5.41) is 6.16. The van der Waals surface area contributed by atoms with Crippen molar-refractivity contribution in [1.29, 1.82) is 0 Å². The molecule has 0 saturated heterocycles. The molecule has 0 aromatic carbocycles. The molecule has 0 radical (unpaired) electrons. The van der Waals surface area contributed by atoms with E-state index in [-0.39, 0.29) is 11.9 Å². The van der Waals surface area contributed by atoms with E-state index in [1.54, 1.807) is 0 Å². The second-order valence-electron chi connectivity index (χ2n) is 4.53. The van der Waals surface area contributed by atoms with Crippen LogP contribution in [-0.4, -0.2) is 25.0 Å². The van der Waals surface area contributed by atoms with E-state index >= 15 is 0 Å². The summed E-state index contributed by atoms with van der Waals surface area (Å²) in [5.41, 5.74) is 0. The van der Waals surface area contributed by atoms with Crippen LogP contribution in [0.2, 0.25) is 0 Å². The maximum absolute atomic E-state index is 11.4. The monoisotopic (exact) mass is 212 g/mol. The molecule has 0 aromatic heterocycles. The molecule has 1 amide bonds. The van der Waals surface area contributed by atoms with Gasteiger partial charge in [0.05, 0.1) is 6.04 Å². The van der Waals surface area contributed by atoms with Crippen LogP contribution < -0.4 is 10.6 Å². The molecule has 3 heteroatoms. The van der Waals surface area contributed by atoms with Crippen LogP contribution in [0.5, 0.6) is 0 Å². The van der Waals surface area contributed by atoms with Crippen molar-refractivity contribution < 1.29 is 4.79 Å². The summed E-state index contributed by atoms with van der Waals surface area (Å²) in [6.45, 7) is 5.60. The predicted molar refractivity (Wildman–Crippen MR) is 62.7 cm³/mol. The van der Waals surface area contributed by atoms with Gasteiger partial charge < -0.3 is 10.6 Å². The first-order valence-corrected chi connectivity index (χ1v) is 6.25. The topological polar surface area (TPSA) is 41.1 Å². The quantitative estimate of drug-likeness (QED) is 0.728. The second-order valence-corrected chi connectivity index (χ2v) is 4.53. The zero-order valence-electron chi connectivity index (χ0n) is 10.0. The maximum Gasteiger partial charge on any atom is 0.236 e. The first-order chi connectivity index (χ1) is 7.24. The van der Waals surface area contributed by atoms with Gasteiger partial charge in [0.2, 0.25) is 5.91 Å². The fourth-order valence-corrected chi connectivity index (χ4v) is 2.15. The van der Waals surface area contributed by atoms with Crippen LogP contribution in [0.1, 0.15) is 46.0 Å². The minimum absolute atomic E-state index is 0.0492. The number of hydrogen-bond donors (Lipinski definition) is 2. The summed E-state index contributed by atoms with van der Waals surface area (Å²) in [7, 11) is 0. The van der Waals surface area contributed by atoms with Crippen LogP contribution in [0.25, 0.3) is 0 Å². The van der Waals surface area contributed by atoms with Crippen molar-refractivity contribution in [2.24, 2.45) is 5.92 Å². The minimum atomic E-state index is -0.0492. The van der Waals surface area contributed by atoms with Gasteiger partial charge in [-0.2, -0.15) is 0 Å². The van der Waals surface area contributed by atoms with Crippen LogP contribution in [0.4, 0.5) is 0 Å². The van der Waals surface area contributed by atoms with Crippen molar-refractivity contribution >= 4 is 5.91 Å². The zero-order valence-corrected chi connectivity index (χ0v) is 10.0. The fraction of sp³-hybridized carbons (Fsp3) is 0.917. The lowest BCUT2D eigenvalue weighted by Crippen LogP contribution is -2.43. The van der Waals surface area contributed by atoms with Gasteiger partial charge >= 0.3 is 0 Å². The van der Waals surface area contributed by atoms with Crippen LogP contribution in [-0.2, 0) is 4.79 Å². The Morgan fingerprint density at radius 1 is 1.33 bits per heavy atom. The Bertz CT molecular complexity index is 188. The van der Waals surface area contributed by atoms with Crippen molar-refractivity contribution in [3.63, 3.8) is 0 Å². The normalized spacial score (nSPS) is 19.9. The molecule has 1 atom stereocenters. The number of rotatable bonds is 5. The Hall–Kier alpha value is -0.570. The van der Waals surface area contributed by atoms with Gasteiger partial charge in [0, 0.05) is 6.54 Å². The summed E-state index contributed by atoms with van der Waals surface area (Å²) in [6.07, 6.45) is 6.77. The number of likely N-dealkylation sites (N-methyl/N-ethyl adjacent to an activating group) is 1. The Labute approximate surface area is 93.0 Å². The van der Waals surface area contributed by atoms with Crippen LogP contribution in [0, 0.1) is 5.92 Å². The summed E-state index contributed by atoms with van der Waals surface area (Å²) in [5.74, 6) is 0.906. The molecule has 1 rings (SSSR count). The van der Waals surface area contributed by atoms with E-state index in [0.717, 1.165) is 12.5 Å². The van der Waals surface area contributed by atoms with Crippen LogP contribution in [0.15, 0.2) is 0 Å². The van der Waals surface area contributed by atoms with Gasteiger partial charge in [-0.05, 0) is 39.2 Å². The zero-order chi connectivity index (χ0) is 11.1. The molecule has 3 nitrogen and oxygen atoms in total. The third-order valence-corrected chi connectivity index (χ3v) is 3.18. The highest BCUT2D eigenvalue weighted by Gasteiger charge is 2.16. The third kappa shape index (κ3) is 4.65. The summed E-state index contributed by atoms with van der Waals surface area (Å²) >= 11 is 0. The Morgan fingerprint density at radius 2 is 2.00 bits per heavy atom. The Kier molecular flexibility index (Phi) is 5.69. The summed E-state index contributed by atoms with van der Waals surface area (Å²) in [6, 6.07) is -0.0492. The van der Waals surface area contributed by atoms with E-state index in [9.17, 15) is 4.79 Å². The lowest BCUT2D eigenvalue weighted by molar-refractivity contribution is -0.122. The van der Waals surface area contributed by atoms with Crippen molar-refractivity contribution in [2.75, 3.05) is 13.1 Å². The van der Waals surface area contributed by atoms with Crippen molar-refractivity contribution in [2.45, 2.75) is 52.0 Å². The average molecular weight is 212 g/mol. The number of hydrogen-bond acceptors (Lipinski definition) is 2. The van der Waals surface area contributed by atoms with E-state index in [4.69, 9.17) is 0 Å². The average Bonchev–Trinajstić information content (AvgIpc) is 2.27. The van der Waals surface area contributed by atoms with Crippen LogP contribution in [0.3, 0.4) is 0 Å². The van der Waals surface area contributed by atoms with Crippen molar-refractivity contribution in [3.8, 4) is 0 Å². The first kappa shape index (κ1) is 12.5. The molecule has 1 fully saturated rings. The van der Waals surface area contributed by atoms with Gasteiger partial charge in [-0.15, -0.1) is 0 Å². The molecular weight excluding hydrogens is 188 g/mol. The lowest BCUT2D eigenvalue weighted by atomic mass is 9.89. The molecule has 0 aliphatic heterocycles. The molecule has 1 saturated carbocycles. The predicted octanol–water partition coefficient (Wildman–Crippen LogP) is 1.68. The lowest BCUT2D eigenvalue weighted by Gasteiger charge is -2.23.